The topological polar surface area (TPSA) is 92.7 Å². The molecule has 1 atom stereocenters. The van der Waals surface area contributed by atoms with Gasteiger partial charge in [-0.25, -0.2) is 17.9 Å². The van der Waals surface area contributed by atoms with Crippen molar-refractivity contribution in [3.05, 3.63) is 53.6 Å². The first kappa shape index (κ1) is 26.6. The number of benzene rings is 2. The van der Waals surface area contributed by atoms with Gasteiger partial charge in [0.1, 0.15) is 5.75 Å². The van der Waals surface area contributed by atoms with Gasteiger partial charge in [-0.15, -0.1) is 11.8 Å². The predicted octanol–water partition coefficient (Wildman–Crippen LogP) is 5.81. The molecule has 3 rings (SSSR count). The van der Waals surface area contributed by atoms with Crippen LogP contribution in [-0.2, 0) is 14.8 Å². The third kappa shape index (κ3) is 6.15. The van der Waals surface area contributed by atoms with Gasteiger partial charge in [-0.3, -0.25) is 0 Å². The lowest BCUT2D eigenvalue weighted by Gasteiger charge is -2.35. The summed E-state index contributed by atoms with van der Waals surface area (Å²) in [6.45, 7) is 3.72. The van der Waals surface area contributed by atoms with E-state index >= 15 is 0 Å². The van der Waals surface area contributed by atoms with Crippen molar-refractivity contribution >= 4 is 27.8 Å². The van der Waals surface area contributed by atoms with Crippen molar-refractivity contribution in [2.75, 3.05) is 12.9 Å². The minimum atomic E-state index is -3.86. The van der Waals surface area contributed by atoms with E-state index in [4.69, 9.17) is 9.84 Å². The highest BCUT2D eigenvalue weighted by Crippen LogP contribution is 2.46. The van der Waals surface area contributed by atoms with Gasteiger partial charge in [-0.05, 0) is 42.7 Å². The maximum absolute atomic E-state index is 13.8. The zero-order chi connectivity index (χ0) is 24.8. The van der Waals surface area contributed by atoms with Crippen LogP contribution in [0.1, 0.15) is 75.8 Å². The van der Waals surface area contributed by atoms with Crippen molar-refractivity contribution in [2.45, 2.75) is 80.0 Å². The summed E-state index contributed by atoms with van der Waals surface area (Å²) in [5.74, 6) is -0.946. The highest BCUT2D eigenvalue weighted by molar-refractivity contribution is 7.98. The number of hydrogen-bond donors (Lipinski definition) is 2. The lowest BCUT2D eigenvalue weighted by atomic mass is 9.75. The maximum Gasteiger partial charge on any atom is 0.341 e. The fourth-order valence-electron chi connectivity index (χ4n) is 4.80. The van der Waals surface area contributed by atoms with Crippen LogP contribution >= 0.6 is 11.8 Å². The van der Waals surface area contributed by atoms with Crippen LogP contribution in [0.4, 0.5) is 0 Å². The van der Waals surface area contributed by atoms with Gasteiger partial charge in [0, 0.05) is 22.4 Å². The summed E-state index contributed by atoms with van der Waals surface area (Å²) in [5, 5.41) is 9.09. The van der Waals surface area contributed by atoms with Crippen LogP contribution in [0.25, 0.3) is 0 Å². The molecule has 1 heterocycles. The van der Waals surface area contributed by atoms with Gasteiger partial charge in [-0.1, -0.05) is 69.9 Å². The Labute approximate surface area is 207 Å². The Kier molecular flexibility index (Phi) is 9.07. The molecule has 1 unspecified atom stereocenters. The van der Waals surface area contributed by atoms with Gasteiger partial charge < -0.3 is 9.84 Å². The van der Waals surface area contributed by atoms with Crippen molar-refractivity contribution in [1.82, 2.24) is 4.72 Å². The molecule has 8 heteroatoms. The standard InChI is InChI=1S/C26H35NO5S2/c1-4-6-13-26(14-7-5-2)17-21(19-11-9-8-10-12-19)20-15-23(33-3)22(32-18-25(28)29)16-24(20)34(30,31)27-26/h8-12,15-16,21,27H,4-7,13-14,17-18H2,1-3H3,(H,28,29). The van der Waals surface area contributed by atoms with E-state index in [0.29, 0.717) is 6.42 Å². The van der Waals surface area contributed by atoms with E-state index in [1.54, 1.807) is 0 Å². The smallest absolute Gasteiger partial charge is 0.341 e. The number of fused-ring (bicyclic) bond motifs is 1. The van der Waals surface area contributed by atoms with Gasteiger partial charge in [0.15, 0.2) is 6.61 Å². The third-order valence-corrected chi connectivity index (χ3v) is 8.87. The maximum atomic E-state index is 13.8. The quantitative estimate of drug-likeness (QED) is 0.375. The van der Waals surface area contributed by atoms with E-state index in [9.17, 15) is 13.2 Å². The summed E-state index contributed by atoms with van der Waals surface area (Å²) in [4.78, 5) is 12.0. The largest absolute Gasteiger partial charge is 0.481 e. The highest BCUT2D eigenvalue weighted by Gasteiger charge is 2.42. The molecule has 0 saturated carbocycles. The molecule has 0 spiro atoms. The molecular formula is C26H35NO5S2. The van der Waals surface area contributed by atoms with Crippen LogP contribution in [0, 0.1) is 0 Å². The molecule has 1 aliphatic rings. The molecule has 0 fully saturated rings. The summed E-state index contributed by atoms with van der Waals surface area (Å²) >= 11 is 1.42. The van der Waals surface area contributed by atoms with E-state index < -0.39 is 28.1 Å². The van der Waals surface area contributed by atoms with Crippen molar-refractivity contribution in [3.8, 4) is 5.75 Å². The molecule has 0 bridgehead atoms. The van der Waals surface area contributed by atoms with Crippen molar-refractivity contribution in [3.63, 3.8) is 0 Å². The summed E-state index contributed by atoms with van der Waals surface area (Å²) in [5.41, 5.74) is 1.26. The number of carboxylic acid groups (broad SMARTS) is 1. The summed E-state index contributed by atoms with van der Waals surface area (Å²) < 4.78 is 36.2. The van der Waals surface area contributed by atoms with Crippen LogP contribution in [0.3, 0.4) is 0 Å². The number of hydrogen-bond acceptors (Lipinski definition) is 5. The molecule has 2 N–H and O–H groups in total. The average molecular weight is 506 g/mol. The number of carboxylic acids is 1. The second kappa shape index (κ2) is 11.6. The number of sulfonamides is 1. The fourth-order valence-corrected chi connectivity index (χ4v) is 7.11. The minimum absolute atomic E-state index is 0.117. The Bertz CT molecular complexity index is 1080. The van der Waals surface area contributed by atoms with E-state index in [-0.39, 0.29) is 16.6 Å². The zero-order valence-electron chi connectivity index (χ0n) is 20.2. The Balaban J connectivity index is 2.23. The van der Waals surface area contributed by atoms with E-state index in [1.807, 2.05) is 30.5 Å². The molecule has 1 aliphatic heterocycles. The van der Waals surface area contributed by atoms with E-state index in [0.717, 1.165) is 54.5 Å². The Morgan fingerprint density at radius 2 is 1.79 bits per heavy atom. The second-order valence-corrected chi connectivity index (χ2v) is 11.5. The lowest BCUT2D eigenvalue weighted by molar-refractivity contribution is -0.139. The van der Waals surface area contributed by atoms with Crippen molar-refractivity contribution in [2.24, 2.45) is 0 Å². The SMILES string of the molecule is CCCCC1(CCCC)CC(c2ccccc2)c2cc(SC)c(OCC(=O)O)cc2S(=O)(=O)N1. The first-order valence-electron chi connectivity index (χ1n) is 11.9. The number of carbonyl (C=O) groups is 1. The van der Waals surface area contributed by atoms with E-state index in [2.05, 4.69) is 30.7 Å². The molecule has 2 aromatic rings. The van der Waals surface area contributed by atoms with E-state index in [1.165, 1.54) is 17.8 Å². The number of unbranched alkanes of at least 4 members (excludes halogenated alkanes) is 2. The molecule has 0 radical (unpaired) electrons. The molecule has 0 aromatic heterocycles. The highest BCUT2D eigenvalue weighted by atomic mass is 32.2. The van der Waals surface area contributed by atoms with Crippen LogP contribution < -0.4 is 9.46 Å². The first-order valence-corrected chi connectivity index (χ1v) is 14.6. The van der Waals surface area contributed by atoms with Crippen LogP contribution in [0.2, 0.25) is 0 Å². The summed E-state index contributed by atoms with van der Waals surface area (Å²) in [7, 11) is -3.86. The lowest BCUT2D eigenvalue weighted by Crippen LogP contribution is -2.48. The van der Waals surface area contributed by atoms with Crippen LogP contribution in [0.5, 0.6) is 5.75 Å². The van der Waals surface area contributed by atoms with Crippen molar-refractivity contribution in [1.29, 1.82) is 0 Å². The normalized spacial score (nSPS) is 18.6. The molecule has 34 heavy (non-hydrogen) atoms. The number of ether oxygens (including phenoxy) is 1. The van der Waals surface area contributed by atoms with Gasteiger partial charge in [-0.2, -0.15) is 0 Å². The molecule has 0 aliphatic carbocycles. The molecule has 0 saturated heterocycles. The van der Waals surface area contributed by atoms with Gasteiger partial charge in [0.25, 0.3) is 0 Å². The fraction of sp³-hybridized carbons (Fsp3) is 0.500. The molecule has 0 amide bonds. The predicted molar refractivity (Wildman–Crippen MR) is 136 cm³/mol. The summed E-state index contributed by atoms with van der Waals surface area (Å²) in [6, 6.07) is 13.5. The Hall–Kier alpha value is -2.03. The monoisotopic (exact) mass is 505 g/mol. The van der Waals surface area contributed by atoms with Crippen LogP contribution in [0.15, 0.2) is 52.3 Å². The number of nitrogens with one attached hydrogen (secondary N) is 1. The minimum Gasteiger partial charge on any atom is -0.481 e. The Morgan fingerprint density at radius 3 is 2.35 bits per heavy atom. The van der Waals surface area contributed by atoms with Gasteiger partial charge in [0.05, 0.1) is 4.90 Å². The van der Waals surface area contributed by atoms with Gasteiger partial charge >= 0.3 is 5.97 Å². The molecular weight excluding hydrogens is 470 g/mol. The molecule has 6 nitrogen and oxygen atoms in total. The number of thioether (sulfide) groups is 1. The van der Waals surface area contributed by atoms with Crippen LogP contribution in [-0.4, -0.2) is 37.9 Å². The molecule has 186 valence electrons. The number of rotatable bonds is 11. The second-order valence-electron chi connectivity index (χ2n) is 8.98. The number of aliphatic carboxylic acids is 1. The first-order chi connectivity index (χ1) is 16.2. The zero-order valence-corrected chi connectivity index (χ0v) is 21.8. The van der Waals surface area contributed by atoms with Gasteiger partial charge in [0.2, 0.25) is 10.0 Å². The van der Waals surface area contributed by atoms with Crippen molar-refractivity contribution < 1.29 is 23.1 Å². The molecule has 2 aromatic carbocycles. The Morgan fingerprint density at radius 1 is 1.15 bits per heavy atom. The summed E-state index contributed by atoms with van der Waals surface area (Å²) in [6.07, 6.45) is 7.95. The average Bonchev–Trinajstić information content (AvgIpc) is 2.92. The third-order valence-electron chi connectivity index (χ3n) is 6.48.